The summed E-state index contributed by atoms with van der Waals surface area (Å²) in [4.78, 5) is 4.27. The molecule has 0 aliphatic heterocycles. The summed E-state index contributed by atoms with van der Waals surface area (Å²) in [6.07, 6.45) is 4.54. The predicted octanol–water partition coefficient (Wildman–Crippen LogP) is 2.74. The van der Waals surface area contributed by atoms with E-state index in [1.54, 1.807) is 19.3 Å². The molecule has 2 rings (SSSR count). The summed E-state index contributed by atoms with van der Waals surface area (Å²) in [5, 5.41) is 2.82. The molecule has 7 heteroatoms. The smallest absolute Gasteiger partial charge is 0.244 e. The summed E-state index contributed by atoms with van der Waals surface area (Å²) < 4.78 is 28.7. The number of hydrogen-bond donors (Lipinski definition) is 2. The normalized spacial score (nSPS) is 21.9. The van der Waals surface area contributed by atoms with E-state index >= 15 is 0 Å². The minimum absolute atomic E-state index is 0.00762. The second kappa shape index (κ2) is 5.61. The van der Waals surface area contributed by atoms with E-state index in [0.717, 1.165) is 19.3 Å². The third-order valence-corrected chi connectivity index (χ3v) is 5.82. The van der Waals surface area contributed by atoms with Gasteiger partial charge in [0.1, 0.15) is 10.7 Å². The number of aromatic nitrogens is 1. The number of nitrogens with zero attached hydrogens (tertiary/aromatic N) is 1. The largest absolute Gasteiger partial charge is 0.372 e. The number of pyridine rings is 1. The second-order valence-electron chi connectivity index (χ2n) is 5.80. The van der Waals surface area contributed by atoms with E-state index < -0.39 is 10.0 Å². The molecule has 1 heterocycles. The Morgan fingerprint density at radius 2 is 2.15 bits per heavy atom. The fraction of sp³-hybridized carbons (Fsp3) is 0.615. The molecule has 112 valence electrons. The van der Waals surface area contributed by atoms with Crippen LogP contribution in [0.3, 0.4) is 0 Å². The third-order valence-electron chi connectivity index (χ3n) is 3.90. The molecule has 1 unspecified atom stereocenters. The zero-order valence-corrected chi connectivity index (χ0v) is 14.3. The summed E-state index contributed by atoms with van der Waals surface area (Å²) in [6.45, 7) is 4.21. The van der Waals surface area contributed by atoms with Gasteiger partial charge in [-0.1, -0.05) is 20.3 Å². The summed E-state index contributed by atoms with van der Waals surface area (Å²) in [5.41, 5.74) is -0.00762. The van der Waals surface area contributed by atoms with Crippen molar-refractivity contribution in [1.82, 2.24) is 9.71 Å². The minimum atomic E-state index is -3.58. The van der Waals surface area contributed by atoms with E-state index in [1.165, 1.54) is 0 Å². The second-order valence-corrected chi connectivity index (χ2v) is 8.40. The van der Waals surface area contributed by atoms with E-state index in [0.29, 0.717) is 10.3 Å². The highest BCUT2D eigenvalue weighted by Gasteiger charge is 2.37. The van der Waals surface area contributed by atoms with E-state index in [2.05, 4.69) is 44.8 Å². The Morgan fingerprint density at radius 3 is 2.70 bits per heavy atom. The number of anilines is 1. The van der Waals surface area contributed by atoms with E-state index in [4.69, 9.17) is 0 Å². The molecule has 0 saturated heterocycles. The van der Waals surface area contributed by atoms with Gasteiger partial charge in [-0.25, -0.2) is 18.1 Å². The fourth-order valence-corrected chi connectivity index (χ4v) is 4.72. The van der Waals surface area contributed by atoms with Crippen LogP contribution in [0.4, 0.5) is 5.82 Å². The monoisotopic (exact) mass is 361 g/mol. The van der Waals surface area contributed by atoms with Gasteiger partial charge < -0.3 is 5.32 Å². The minimum Gasteiger partial charge on any atom is -0.372 e. The van der Waals surface area contributed by atoms with E-state index in [-0.39, 0.29) is 16.4 Å². The highest BCUT2D eigenvalue weighted by Crippen LogP contribution is 2.38. The van der Waals surface area contributed by atoms with Crippen LogP contribution >= 0.6 is 15.9 Å². The molecule has 20 heavy (non-hydrogen) atoms. The Labute approximate surface area is 128 Å². The first kappa shape index (κ1) is 15.7. The molecule has 1 aliphatic rings. The van der Waals surface area contributed by atoms with Crippen molar-refractivity contribution in [3.63, 3.8) is 0 Å². The van der Waals surface area contributed by atoms with E-state index in [9.17, 15) is 8.42 Å². The average molecular weight is 362 g/mol. The summed E-state index contributed by atoms with van der Waals surface area (Å²) in [6, 6.07) is 1.54. The molecule has 5 nitrogen and oxygen atoms in total. The van der Waals surface area contributed by atoms with Crippen LogP contribution in [0.25, 0.3) is 0 Å². The number of nitrogens with one attached hydrogen (secondary N) is 2. The van der Waals surface area contributed by atoms with Gasteiger partial charge in [0.2, 0.25) is 10.0 Å². The van der Waals surface area contributed by atoms with Gasteiger partial charge in [-0.2, -0.15) is 0 Å². The van der Waals surface area contributed by atoms with Crippen molar-refractivity contribution >= 4 is 31.8 Å². The van der Waals surface area contributed by atoms with Crippen LogP contribution in [0.5, 0.6) is 0 Å². The van der Waals surface area contributed by atoms with Crippen LogP contribution in [0.1, 0.15) is 33.1 Å². The van der Waals surface area contributed by atoms with Crippen LogP contribution in [0.2, 0.25) is 0 Å². The Hall–Kier alpha value is -0.660. The van der Waals surface area contributed by atoms with Crippen molar-refractivity contribution in [2.75, 3.05) is 12.4 Å². The number of sulfonamides is 1. The predicted molar refractivity (Wildman–Crippen MR) is 83.2 cm³/mol. The standard InChI is InChI=1S/C13H20BrN3O2S/c1-13(2)6-4-5-11(13)17-20(18,19)10-7-9(14)8-16-12(10)15-3/h7-8,11,17H,4-6H2,1-3H3,(H,15,16). The first-order chi connectivity index (χ1) is 9.26. The highest BCUT2D eigenvalue weighted by atomic mass is 79.9. The van der Waals surface area contributed by atoms with Gasteiger partial charge in [0.05, 0.1) is 0 Å². The molecule has 1 aromatic rings. The van der Waals surface area contributed by atoms with E-state index in [1.807, 2.05) is 0 Å². The van der Waals surface area contributed by atoms with Gasteiger partial charge in [0.15, 0.2) is 0 Å². The van der Waals surface area contributed by atoms with Crippen molar-refractivity contribution in [2.24, 2.45) is 5.41 Å². The van der Waals surface area contributed by atoms with Crippen molar-refractivity contribution in [3.05, 3.63) is 16.7 Å². The molecule has 1 atom stereocenters. The summed E-state index contributed by atoms with van der Waals surface area (Å²) in [7, 11) is -1.92. The Bertz CT molecular complexity index is 602. The van der Waals surface area contributed by atoms with Gasteiger partial charge in [-0.15, -0.1) is 0 Å². The molecule has 1 aromatic heterocycles. The quantitative estimate of drug-likeness (QED) is 0.864. The van der Waals surface area contributed by atoms with Gasteiger partial charge >= 0.3 is 0 Å². The van der Waals surface area contributed by atoms with Gasteiger partial charge in [-0.05, 0) is 40.3 Å². The van der Waals surface area contributed by atoms with Crippen molar-refractivity contribution < 1.29 is 8.42 Å². The third kappa shape index (κ3) is 3.15. The molecular weight excluding hydrogens is 342 g/mol. The summed E-state index contributed by atoms with van der Waals surface area (Å²) in [5.74, 6) is 0.358. The van der Waals surface area contributed by atoms with Crippen molar-refractivity contribution in [2.45, 2.75) is 44.0 Å². The van der Waals surface area contributed by atoms with Gasteiger partial charge in [0, 0.05) is 23.8 Å². The first-order valence-electron chi connectivity index (χ1n) is 6.62. The lowest BCUT2D eigenvalue weighted by Crippen LogP contribution is -2.41. The lowest BCUT2D eigenvalue weighted by molar-refractivity contribution is 0.313. The average Bonchev–Trinajstić information content (AvgIpc) is 2.68. The molecule has 0 amide bonds. The maximum absolute atomic E-state index is 12.6. The topological polar surface area (TPSA) is 71.1 Å². The lowest BCUT2D eigenvalue weighted by Gasteiger charge is -2.27. The maximum Gasteiger partial charge on any atom is 0.244 e. The van der Waals surface area contributed by atoms with Gasteiger partial charge in [0.25, 0.3) is 0 Å². The van der Waals surface area contributed by atoms with Crippen LogP contribution in [-0.4, -0.2) is 26.5 Å². The molecule has 2 N–H and O–H groups in total. The maximum atomic E-state index is 12.6. The van der Waals surface area contributed by atoms with Crippen molar-refractivity contribution in [1.29, 1.82) is 0 Å². The SMILES string of the molecule is CNc1ncc(Br)cc1S(=O)(=O)NC1CCCC1(C)C. The van der Waals surface area contributed by atoms with Crippen LogP contribution in [0, 0.1) is 5.41 Å². The van der Waals surface area contributed by atoms with Gasteiger partial charge in [-0.3, -0.25) is 0 Å². The van der Waals surface area contributed by atoms with Crippen molar-refractivity contribution in [3.8, 4) is 0 Å². The highest BCUT2D eigenvalue weighted by molar-refractivity contribution is 9.10. The number of rotatable bonds is 4. The molecular formula is C13H20BrN3O2S. The molecule has 0 aromatic carbocycles. The Kier molecular flexibility index (Phi) is 4.41. The Balaban J connectivity index is 2.34. The molecule has 0 spiro atoms. The van der Waals surface area contributed by atoms with Crippen LogP contribution in [0.15, 0.2) is 21.6 Å². The summed E-state index contributed by atoms with van der Waals surface area (Å²) >= 11 is 3.27. The first-order valence-corrected chi connectivity index (χ1v) is 8.89. The zero-order chi connectivity index (χ0) is 15.0. The molecule has 1 fully saturated rings. The fourth-order valence-electron chi connectivity index (χ4n) is 2.61. The number of halogens is 1. The molecule has 1 aliphatic carbocycles. The zero-order valence-electron chi connectivity index (χ0n) is 11.9. The van der Waals surface area contributed by atoms with Crippen LogP contribution < -0.4 is 10.0 Å². The molecule has 1 saturated carbocycles. The molecule has 0 bridgehead atoms. The van der Waals surface area contributed by atoms with Crippen LogP contribution in [-0.2, 0) is 10.0 Å². The Morgan fingerprint density at radius 1 is 1.45 bits per heavy atom. The molecule has 0 radical (unpaired) electrons. The lowest BCUT2D eigenvalue weighted by atomic mass is 9.88. The number of hydrogen-bond acceptors (Lipinski definition) is 4.